The van der Waals surface area contributed by atoms with E-state index in [0.717, 1.165) is 28.0 Å². The Labute approximate surface area is 151 Å². The molecule has 1 N–H and O–H groups in total. The fourth-order valence-electron chi connectivity index (χ4n) is 3.21. The Hall–Kier alpha value is -3.15. The molecule has 6 heteroatoms. The molecule has 1 aliphatic heterocycles. The van der Waals surface area contributed by atoms with E-state index in [1.165, 1.54) is 0 Å². The molecule has 2 aromatic carbocycles. The van der Waals surface area contributed by atoms with Crippen LogP contribution in [0.15, 0.2) is 52.0 Å². The summed E-state index contributed by atoms with van der Waals surface area (Å²) in [5.41, 5.74) is 5.88. The van der Waals surface area contributed by atoms with Crippen molar-refractivity contribution in [2.75, 3.05) is 21.3 Å². The molecule has 1 unspecified atom stereocenters. The van der Waals surface area contributed by atoms with Crippen molar-refractivity contribution in [2.24, 2.45) is 5.10 Å². The van der Waals surface area contributed by atoms with Gasteiger partial charge in [-0.3, -0.25) is 5.43 Å². The molecule has 0 radical (unpaired) electrons. The topological polar surface area (TPSA) is 65.2 Å². The second kappa shape index (κ2) is 6.63. The number of rotatable bonds is 5. The molecule has 0 saturated heterocycles. The summed E-state index contributed by atoms with van der Waals surface area (Å²) in [6, 6.07) is 13.8. The van der Waals surface area contributed by atoms with Gasteiger partial charge in [-0.25, -0.2) is 0 Å². The highest BCUT2D eigenvalue weighted by molar-refractivity contribution is 6.02. The summed E-state index contributed by atoms with van der Waals surface area (Å²) < 4.78 is 22.2. The van der Waals surface area contributed by atoms with Gasteiger partial charge < -0.3 is 18.6 Å². The third kappa shape index (κ3) is 2.73. The summed E-state index contributed by atoms with van der Waals surface area (Å²) in [5, 5.41) is 5.58. The Morgan fingerprint density at radius 2 is 1.73 bits per heavy atom. The van der Waals surface area contributed by atoms with Crippen LogP contribution in [-0.4, -0.2) is 27.0 Å². The summed E-state index contributed by atoms with van der Waals surface area (Å²) >= 11 is 0. The Kier molecular flexibility index (Phi) is 4.16. The molecule has 0 fully saturated rings. The minimum absolute atomic E-state index is 0.00325. The van der Waals surface area contributed by atoms with Gasteiger partial charge in [0.25, 0.3) is 0 Å². The van der Waals surface area contributed by atoms with E-state index in [1.807, 2.05) is 36.4 Å². The Morgan fingerprint density at radius 1 is 1.00 bits per heavy atom. The van der Waals surface area contributed by atoms with Gasteiger partial charge in [-0.15, -0.1) is 0 Å². The molecule has 1 aliphatic rings. The van der Waals surface area contributed by atoms with Gasteiger partial charge in [0.05, 0.1) is 27.0 Å². The number of nitrogens with zero attached hydrogens (tertiary/aromatic N) is 1. The lowest BCUT2D eigenvalue weighted by molar-refractivity contribution is 0.324. The van der Waals surface area contributed by atoms with E-state index in [4.69, 9.17) is 18.6 Å². The Balaban J connectivity index is 1.62. The first-order valence-corrected chi connectivity index (χ1v) is 8.34. The maximum atomic E-state index is 5.96. The minimum Gasteiger partial charge on any atom is -0.493 e. The lowest BCUT2D eigenvalue weighted by atomic mass is 10.0. The molecular formula is C20H20N2O4. The van der Waals surface area contributed by atoms with Gasteiger partial charge in [-0.05, 0) is 24.3 Å². The van der Waals surface area contributed by atoms with Crippen LogP contribution in [0.3, 0.4) is 0 Å². The third-order valence-electron chi connectivity index (χ3n) is 4.54. The van der Waals surface area contributed by atoms with E-state index in [1.54, 1.807) is 21.3 Å². The zero-order chi connectivity index (χ0) is 18.1. The normalized spacial score (nSPS) is 16.3. The van der Waals surface area contributed by atoms with E-state index in [9.17, 15) is 0 Å². The van der Waals surface area contributed by atoms with Gasteiger partial charge >= 0.3 is 0 Å². The van der Waals surface area contributed by atoms with Crippen LogP contribution in [0.5, 0.6) is 17.2 Å². The highest BCUT2D eigenvalue weighted by Gasteiger charge is 2.26. The molecular weight excluding hydrogens is 332 g/mol. The predicted molar refractivity (Wildman–Crippen MR) is 99.3 cm³/mol. The highest BCUT2D eigenvalue weighted by atomic mass is 16.5. The van der Waals surface area contributed by atoms with E-state index in [2.05, 4.69) is 16.6 Å². The van der Waals surface area contributed by atoms with Gasteiger partial charge in [0, 0.05) is 17.4 Å². The molecule has 134 valence electrons. The predicted octanol–water partition coefficient (Wildman–Crippen LogP) is 3.90. The smallest absolute Gasteiger partial charge is 0.203 e. The number of ether oxygens (including phenoxy) is 3. The van der Waals surface area contributed by atoms with Gasteiger partial charge in [0.1, 0.15) is 17.4 Å². The number of nitrogens with one attached hydrogen (secondary N) is 1. The van der Waals surface area contributed by atoms with Crippen LogP contribution in [0.2, 0.25) is 0 Å². The second-order valence-corrected chi connectivity index (χ2v) is 6.04. The number of furan rings is 1. The Bertz CT molecular complexity index is 919. The number of para-hydroxylation sites is 1. The van der Waals surface area contributed by atoms with Crippen LogP contribution < -0.4 is 19.6 Å². The van der Waals surface area contributed by atoms with E-state index >= 15 is 0 Å². The molecule has 0 aliphatic carbocycles. The molecule has 0 amide bonds. The molecule has 3 aromatic rings. The van der Waals surface area contributed by atoms with Gasteiger partial charge in [-0.2, -0.15) is 5.10 Å². The SMILES string of the molecule is COc1cc(C2=NNC(c3cc4ccccc4o3)C2)cc(OC)c1OC. The van der Waals surface area contributed by atoms with Gasteiger partial charge in [0.2, 0.25) is 5.75 Å². The lowest BCUT2D eigenvalue weighted by Crippen LogP contribution is -2.08. The summed E-state index contributed by atoms with van der Waals surface area (Å²) in [6.07, 6.45) is 0.707. The van der Waals surface area contributed by atoms with Crippen molar-refractivity contribution in [3.05, 3.63) is 53.8 Å². The van der Waals surface area contributed by atoms with Crippen LogP contribution in [0.25, 0.3) is 11.0 Å². The highest BCUT2D eigenvalue weighted by Crippen LogP contribution is 2.39. The Morgan fingerprint density at radius 3 is 2.38 bits per heavy atom. The van der Waals surface area contributed by atoms with Crippen molar-refractivity contribution in [3.63, 3.8) is 0 Å². The minimum atomic E-state index is -0.00325. The summed E-state index contributed by atoms with van der Waals surface area (Å²) in [6.45, 7) is 0. The van der Waals surface area contributed by atoms with Crippen LogP contribution in [0.1, 0.15) is 23.8 Å². The van der Waals surface area contributed by atoms with Crippen molar-refractivity contribution < 1.29 is 18.6 Å². The van der Waals surface area contributed by atoms with Crippen LogP contribution in [0.4, 0.5) is 0 Å². The zero-order valence-corrected chi connectivity index (χ0v) is 14.9. The van der Waals surface area contributed by atoms with Crippen molar-refractivity contribution in [1.82, 2.24) is 5.43 Å². The first kappa shape index (κ1) is 16.3. The quantitative estimate of drug-likeness (QED) is 0.754. The number of fused-ring (bicyclic) bond motifs is 1. The summed E-state index contributed by atoms with van der Waals surface area (Å²) in [4.78, 5) is 0. The largest absolute Gasteiger partial charge is 0.493 e. The average Bonchev–Trinajstić information content (AvgIpc) is 3.33. The molecule has 0 spiro atoms. The number of hydrogen-bond acceptors (Lipinski definition) is 6. The van der Waals surface area contributed by atoms with E-state index in [0.29, 0.717) is 23.7 Å². The number of methoxy groups -OCH3 is 3. The van der Waals surface area contributed by atoms with Crippen LogP contribution >= 0.6 is 0 Å². The average molecular weight is 352 g/mol. The van der Waals surface area contributed by atoms with Gasteiger partial charge in [-0.1, -0.05) is 18.2 Å². The second-order valence-electron chi connectivity index (χ2n) is 6.04. The van der Waals surface area contributed by atoms with Crippen molar-refractivity contribution >= 4 is 16.7 Å². The third-order valence-corrected chi connectivity index (χ3v) is 4.54. The van der Waals surface area contributed by atoms with Crippen LogP contribution in [-0.2, 0) is 0 Å². The maximum absolute atomic E-state index is 5.96. The first-order chi connectivity index (χ1) is 12.7. The fourth-order valence-corrected chi connectivity index (χ4v) is 3.21. The standard InChI is InChI=1S/C20H20N2O4/c1-23-18-9-13(10-19(24-2)20(18)25-3)14-11-15(22-21-14)17-8-12-6-4-5-7-16(12)26-17/h4-10,15,22H,11H2,1-3H3. The van der Waals surface area contributed by atoms with Crippen molar-refractivity contribution in [3.8, 4) is 17.2 Å². The zero-order valence-electron chi connectivity index (χ0n) is 14.9. The molecule has 2 heterocycles. The number of hydrogen-bond donors (Lipinski definition) is 1. The van der Waals surface area contributed by atoms with Gasteiger partial charge in [0.15, 0.2) is 11.5 Å². The maximum Gasteiger partial charge on any atom is 0.203 e. The molecule has 26 heavy (non-hydrogen) atoms. The molecule has 1 aromatic heterocycles. The molecule has 4 rings (SSSR count). The summed E-state index contributed by atoms with van der Waals surface area (Å²) in [7, 11) is 4.80. The van der Waals surface area contributed by atoms with Crippen LogP contribution in [0, 0.1) is 0 Å². The lowest BCUT2D eigenvalue weighted by Gasteiger charge is -2.14. The number of hydrazone groups is 1. The molecule has 0 bridgehead atoms. The van der Waals surface area contributed by atoms with E-state index in [-0.39, 0.29) is 6.04 Å². The number of benzene rings is 2. The molecule has 1 atom stereocenters. The molecule has 0 saturated carbocycles. The van der Waals surface area contributed by atoms with Crippen molar-refractivity contribution in [2.45, 2.75) is 12.5 Å². The fraction of sp³-hybridized carbons (Fsp3) is 0.250. The van der Waals surface area contributed by atoms with Crippen molar-refractivity contribution in [1.29, 1.82) is 0 Å². The first-order valence-electron chi connectivity index (χ1n) is 8.34. The molecule has 6 nitrogen and oxygen atoms in total. The monoisotopic (exact) mass is 352 g/mol. The van der Waals surface area contributed by atoms with E-state index < -0.39 is 0 Å². The summed E-state index contributed by atoms with van der Waals surface area (Å²) in [5.74, 6) is 2.66.